The molecule has 9 nitrogen and oxygen atoms in total. The number of nitrogens with two attached hydrogens (primary N) is 1. The summed E-state index contributed by atoms with van der Waals surface area (Å²) >= 11 is 0. The number of carbonyl (C=O) groups is 1. The molecule has 156 valence electrons. The number of hydrogen-bond acceptors (Lipinski definition) is 7. The lowest BCUT2D eigenvalue weighted by molar-refractivity contribution is 0.0761. The van der Waals surface area contributed by atoms with E-state index in [1.807, 2.05) is 6.92 Å². The zero-order chi connectivity index (χ0) is 20.1. The van der Waals surface area contributed by atoms with E-state index < -0.39 is 5.66 Å². The molecule has 1 spiro atoms. The van der Waals surface area contributed by atoms with Crippen LogP contribution in [0.4, 0.5) is 17.3 Å². The lowest BCUT2D eigenvalue weighted by Gasteiger charge is -2.40. The smallest absolute Gasteiger partial charge is 0.276 e. The SMILES string of the molecule is C.CCN1CCC2(CC1)NC(=O)c1c(C)cc(Nc3ncnc(N)c3C)c(=O)n12. The largest absolute Gasteiger partial charge is 0.383 e. The molecule has 2 aromatic heterocycles. The first-order chi connectivity index (χ1) is 13.4. The van der Waals surface area contributed by atoms with Crippen LogP contribution in [0.25, 0.3) is 0 Å². The molecule has 9 heteroatoms. The van der Waals surface area contributed by atoms with Gasteiger partial charge in [0.2, 0.25) is 0 Å². The number of likely N-dealkylation sites (tertiary alicyclic amines) is 1. The summed E-state index contributed by atoms with van der Waals surface area (Å²) in [4.78, 5) is 36.6. The standard InChI is InChI=1S/C19H25N7O2.CH4/c1-4-25-7-5-19(6-8-25)24-17(27)14-11(2)9-13(18(28)26(14)19)23-16-12(3)15(20)21-10-22-16;/h9-10H,4-8H2,1-3H3,(H,24,27)(H3,20,21,22,23);1H4. The predicted molar refractivity (Wildman–Crippen MR) is 113 cm³/mol. The normalized spacial score (nSPS) is 17.6. The van der Waals surface area contributed by atoms with Crippen molar-refractivity contribution in [1.29, 1.82) is 0 Å². The maximum Gasteiger partial charge on any atom is 0.276 e. The summed E-state index contributed by atoms with van der Waals surface area (Å²) in [6, 6.07) is 1.70. The highest BCUT2D eigenvalue weighted by molar-refractivity contribution is 5.97. The molecule has 29 heavy (non-hydrogen) atoms. The van der Waals surface area contributed by atoms with Crippen molar-refractivity contribution in [2.75, 3.05) is 30.7 Å². The van der Waals surface area contributed by atoms with Gasteiger partial charge in [0.15, 0.2) is 0 Å². The highest BCUT2D eigenvalue weighted by Gasteiger charge is 2.46. The fourth-order valence-electron chi connectivity index (χ4n) is 4.16. The van der Waals surface area contributed by atoms with E-state index >= 15 is 0 Å². The summed E-state index contributed by atoms with van der Waals surface area (Å²) in [5, 5.41) is 6.19. The topological polar surface area (TPSA) is 118 Å². The average Bonchev–Trinajstić information content (AvgIpc) is 2.96. The Morgan fingerprint density at radius 2 is 1.93 bits per heavy atom. The highest BCUT2D eigenvalue weighted by atomic mass is 16.2. The van der Waals surface area contributed by atoms with Crippen LogP contribution in [0.5, 0.6) is 0 Å². The van der Waals surface area contributed by atoms with E-state index in [1.165, 1.54) is 6.33 Å². The summed E-state index contributed by atoms with van der Waals surface area (Å²) in [7, 11) is 0. The summed E-state index contributed by atoms with van der Waals surface area (Å²) in [5.41, 5.74) is 7.18. The molecule has 4 N–H and O–H groups in total. The Kier molecular flexibility index (Phi) is 5.36. The number of pyridine rings is 1. The molecule has 4 heterocycles. The number of piperidine rings is 1. The quantitative estimate of drug-likeness (QED) is 0.719. The molecule has 2 aliphatic heterocycles. The molecule has 0 bridgehead atoms. The zero-order valence-corrected chi connectivity index (χ0v) is 16.4. The first-order valence-electron chi connectivity index (χ1n) is 9.52. The number of aryl methyl sites for hydroxylation is 1. The van der Waals surface area contributed by atoms with Gasteiger partial charge in [-0.05, 0) is 32.0 Å². The predicted octanol–water partition coefficient (Wildman–Crippen LogP) is 1.73. The van der Waals surface area contributed by atoms with Gasteiger partial charge < -0.3 is 21.3 Å². The molecule has 0 unspecified atom stereocenters. The van der Waals surface area contributed by atoms with Crippen molar-refractivity contribution in [2.24, 2.45) is 0 Å². The molecule has 2 aromatic rings. The van der Waals surface area contributed by atoms with Crippen molar-refractivity contribution in [1.82, 2.24) is 24.8 Å². The van der Waals surface area contributed by atoms with Crippen LogP contribution < -0.4 is 21.9 Å². The van der Waals surface area contributed by atoms with Crippen molar-refractivity contribution in [3.05, 3.63) is 39.6 Å². The summed E-state index contributed by atoms with van der Waals surface area (Å²) in [5.74, 6) is 0.654. The molecule has 1 fully saturated rings. The van der Waals surface area contributed by atoms with Gasteiger partial charge in [-0.3, -0.25) is 14.2 Å². The Morgan fingerprint density at radius 1 is 1.24 bits per heavy atom. The van der Waals surface area contributed by atoms with E-state index in [2.05, 4.69) is 32.4 Å². The van der Waals surface area contributed by atoms with Crippen LogP contribution in [0.3, 0.4) is 0 Å². The Morgan fingerprint density at radius 3 is 2.59 bits per heavy atom. The van der Waals surface area contributed by atoms with Crippen LogP contribution in [0.2, 0.25) is 0 Å². The summed E-state index contributed by atoms with van der Waals surface area (Å²) in [6.07, 6.45) is 2.75. The number of carbonyl (C=O) groups excluding carboxylic acids is 1. The van der Waals surface area contributed by atoms with Crippen molar-refractivity contribution < 1.29 is 4.79 Å². The van der Waals surface area contributed by atoms with Gasteiger partial charge in [-0.1, -0.05) is 14.4 Å². The molecular weight excluding hydrogens is 370 g/mol. The Labute approximate surface area is 170 Å². The van der Waals surface area contributed by atoms with Crippen LogP contribution in [-0.4, -0.2) is 45.0 Å². The molecule has 0 saturated carbocycles. The van der Waals surface area contributed by atoms with Crippen molar-refractivity contribution in [3.8, 4) is 0 Å². The second kappa shape index (κ2) is 7.47. The highest BCUT2D eigenvalue weighted by Crippen LogP contribution is 2.34. The molecule has 1 saturated heterocycles. The minimum absolute atomic E-state index is 0. The van der Waals surface area contributed by atoms with E-state index in [9.17, 15) is 9.59 Å². The van der Waals surface area contributed by atoms with Crippen LogP contribution in [-0.2, 0) is 5.66 Å². The molecule has 1 amide bonds. The molecule has 4 rings (SSSR count). The average molecular weight is 399 g/mol. The van der Waals surface area contributed by atoms with Gasteiger partial charge in [-0.2, -0.15) is 0 Å². The van der Waals surface area contributed by atoms with Crippen LogP contribution in [0, 0.1) is 13.8 Å². The molecule has 0 aromatic carbocycles. The van der Waals surface area contributed by atoms with Gasteiger partial charge in [0.25, 0.3) is 11.5 Å². The second-order valence-electron chi connectivity index (χ2n) is 7.51. The molecule has 0 radical (unpaired) electrons. The lowest BCUT2D eigenvalue weighted by atomic mass is 9.97. The first-order valence-corrected chi connectivity index (χ1v) is 9.52. The van der Waals surface area contributed by atoms with Crippen molar-refractivity contribution >= 4 is 23.2 Å². The number of nitrogen functional groups attached to an aromatic ring is 1. The zero-order valence-electron chi connectivity index (χ0n) is 16.4. The van der Waals surface area contributed by atoms with Gasteiger partial charge in [0, 0.05) is 31.5 Å². The number of aromatic nitrogens is 3. The maximum atomic E-state index is 13.4. The minimum Gasteiger partial charge on any atom is -0.383 e. The van der Waals surface area contributed by atoms with Gasteiger partial charge in [0.05, 0.1) is 0 Å². The van der Waals surface area contributed by atoms with E-state index in [0.29, 0.717) is 41.4 Å². The molecular formula is C20H29N7O2. The van der Waals surface area contributed by atoms with Gasteiger partial charge in [-0.15, -0.1) is 0 Å². The Bertz CT molecular complexity index is 1010. The van der Waals surface area contributed by atoms with Gasteiger partial charge in [0.1, 0.15) is 35.0 Å². The van der Waals surface area contributed by atoms with Crippen LogP contribution in [0.15, 0.2) is 17.2 Å². The number of hydrogen-bond donors (Lipinski definition) is 3. The third kappa shape index (κ3) is 3.25. The second-order valence-corrected chi connectivity index (χ2v) is 7.51. The number of nitrogens with zero attached hydrogens (tertiary/aromatic N) is 4. The Balaban J connectivity index is 0.00000240. The maximum absolute atomic E-state index is 13.4. The van der Waals surface area contributed by atoms with E-state index in [1.54, 1.807) is 17.6 Å². The number of anilines is 3. The third-order valence-corrected chi connectivity index (χ3v) is 5.89. The van der Waals surface area contributed by atoms with E-state index in [0.717, 1.165) is 25.2 Å². The fraction of sp³-hybridized carbons (Fsp3) is 0.500. The summed E-state index contributed by atoms with van der Waals surface area (Å²) in [6.45, 7) is 8.38. The molecule has 2 aliphatic rings. The number of fused-ring (bicyclic) bond motifs is 2. The fourth-order valence-corrected chi connectivity index (χ4v) is 4.16. The number of nitrogens with one attached hydrogen (secondary N) is 2. The number of rotatable bonds is 3. The lowest BCUT2D eigenvalue weighted by Crippen LogP contribution is -2.54. The van der Waals surface area contributed by atoms with Gasteiger partial charge >= 0.3 is 0 Å². The van der Waals surface area contributed by atoms with Crippen molar-refractivity contribution in [2.45, 2.75) is 46.7 Å². The first kappa shape index (κ1) is 20.8. The summed E-state index contributed by atoms with van der Waals surface area (Å²) < 4.78 is 1.65. The van der Waals surface area contributed by atoms with Crippen LogP contribution in [0.1, 0.15) is 48.8 Å². The van der Waals surface area contributed by atoms with Crippen LogP contribution >= 0.6 is 0 Å². The van der Waals surface area contributed by atoms with E-state index in [-0.39, 0.29) is 18.9 Å². The van der Waals surface area contributed by atoms with E-state index in [4.69, 9.17) is 5.73 Å². The van der Waals surface area contributed by atoms with Gasteiger partial charge in [-0.25, -0.2) is 9.97 Å². The van der Waals surface area contributed by atoms with Crippen molar-refractivity contribution in [3.63, 3.8) is 0 Å². The molecule has 0 atom stereocenters. The Hall–Kier alpha value is -2.94. The minimum atomic E-state index is -0.669. The number of amides is 1. The monoisotopic (exact) mass is 399 g/mol. The third-order valence-electron chi connectivity index (χ3n) is 5.89. The molecule has 0 aliphatic carbocycles.